The highest BCUT2D eigenvalue weighted by atomic mass is 35.5. The minimum atomic E-state index is -0.356. The summed E-state index contributed by atoms with van der Waals surface area (Å²) in [6, 6.07) is 1.69. The molecule has 0 aromatic carbocycles. The molecule has 0 aliphatic carbocycles. The zero-order valence-electron chi connectivity index (χ0n) is 9.90. The maximum Gasteiger partial charge on any atom is 0.339 e. The predicted octanol–water partition coefficient (Wildman–Crippen LogP) is 2.17. The number of hydrogen-bond acceptors (Lipinski definition) is 4. The number of carbonyl (C=O) groups excluding carboxylic acids is 1. The van der Waals surface area contributed by atoms with E-state index < -0.39 is 0 Å². The van der Waals surface area contributed by atoms with Crippen molar-refractivity contribution in [1.29, 1.82) is 0 Å². The van der Waals surface area contributed by atoms with Gasteiger partial charge in [0.25, 0.3) is 0 Å². The molecule has 1 rings (SSSR count). The highest BCUT2D eigenvalue weighted by Crippen LogP contribution is 2.03. The Hall–Kier alpha value is -1.13. The van der Waals surface area contributed by atoms with E-state index in [0.717, 1.165) is 5.56 Å². The van der Waals surface area contributed by atoms with Crippen LogP contribution in [0.2, 0.25) is 0 Å². The minimum Gasteiger partial charge on any atom is -0.462 e. The number of esters is 1. The van der Waals surface area contributed by atoms with Crippen LogP contribution in [0.25, 0.3) is 0 Å². The molecule has 0 radical (unpaired) electrons. The third-order valence-electron chi connectivity index (χ3n) is 1.54. The topological polar surface area (TPSA) is 65.2 Å². The summed E-state index contributed by atoms with van der Waals surface area (Å²) in [5.41, 5.74) is 6.67. The molecule has 4 nitrogen and oxygen atoms in total. The van der Waals surface area contributed by atoms with Crippen LogP contribution >= 0.6 is 12.4 Å². The molecule has 0 fully saturated rings. The van der Waals surface area contributed by atoms with Gasteiger partial charge in [-0.25, -0.2) is 4.79 Å². The summed E-state index contributed by atoms with van der Waals surface area (Å²) in [5, 5.41) is 0. The number of halogens is 1. The fraction of sp³-hybridized carbons (Fsp3) is 0.455. The molecule has 0 spiro atoms. The first-order valence-electron chi connectivity index (χ1n) is 5.09. The number of hydrogen-bond donors (Lipinski definition) is 1. The van der Waals surface area contributed by atoms with Crippen LogP contribution in [0, 0.1) is 0 Å². The zero-order valence-corrected chi connectivity index (χ0v) is 10.7. The molecule has 16 heavy (non-hydrogen) atoms. The van der Waals surface area contributed by atoms with Crippen LogP contribution in [0.1, 0.15) is 36.7 Å². The summed E-state index contributed by atoms with van der Waals surface area (Å²) in [7, 11) is 0. The second-order valence-corrected chi connectivity index (χ2v) is 2.51. The lowest BCUT2D eigenvalue weighted by Crippen LogP contribution is -2.07. The standard InChI is InChI=1S/C9H12N2O2.C2H6.ClH/c1-2-13-9(12)8-3-7(4-10)5-11-6-8;1-2;/h3,5-6H,2,4,10H2,1H3;1-2H3;1H. The quantitative estimate of drug-likeness (QED) is 0.831. The van der Waals surface area contributed by atoms with Crippen LogP contribution < -0.4 is 5.73 Å². The number of rotatable bonds is 3. The van der Waals surface area contributed by atoms with Crippen molar-refractivity contribution in [3.05, 3.63) is 29.6 Å². The summed E-state index contributed by atoms with van der Waals surface area (Å²) in [6.07, 6.45) is 3.10. The van der Waals surface area contributed by atoms with E-state index in [-0.39, 0.29) is 18.4 Å². The van der Waals surface area contributed by atoms with Crippen molar-refractivity contribution in [2.24, 2.45) is 5.73 Å². The van der Waals surface area contributed by atoms with Crippen LogP contribution in [-0.2, 0) is 11.3 Å². The molecule has 0 atom stereocenters. The zero-order chi connectivity index (χ0) is 11.7. The van der Waals surface area contributed by atoms with Crippen LogP contribution in [0.4, 0.5) is 0 Å². The van der Waals surface area contributed by atoms with Gasteiger partial charge in [0.2, 0.25) is 0 Å². The molecule has 0 saturated heterocycles. The third-order valence-corrected chi connectivity index (χ3v) is 1.54. The highest BCUT2D eigenvalue weighted by molar-refractivity contribution is 5.89. The molecule has 1 heterocycles. The maximum absolute atomic E-state index is 11.2. The molecule has 1 aromatic rings. The van der Waals surface area contributed by atoms with Gasteiger partial charge < -0.3 is 10.5 Å². The number of nitrogens with zero attached hydrogens (tertiary/aromatic N) is 1. The first-order chi connectivity index (χ1) is 7.27. The second kappa shape index (κ2) is 10.4. The summed E-state index contributed by atoms with van der Waals surface area (Å²) in [6.45, 7) is 6.50. The van der Waals surface area contributed by atoms with E-state index in [4.69, 9.17) is 10.5 Å². The van der Waals surface area contributed by atoms with Crippen molar-refractivity contribution in [2.45, 2.75) is 27.3 Å². The lowest BCUT2D eigenvalue weighted by atomic mass is 10.2. The molecule has 92 valence electrons. The van der Waals surface area contributed by atoms with Gasteiger partial charge in [-0.15, -0.1) is 12.4 Å². The van der Waals surface area contributed by atoms with E-state index >= 15 is 0 Å². The summed E-state index contributed by atoms with van der Waals surface area (Å²) < 4.78 is 4.81. The number of pyridine rings is 1. The van der Waals surface area contributed by atoms with E-state index in [0.29, 0.717) is 18.7 Å². The van der Waals surface area contributed by atoms with Gasteiger partial charge in [0.1, 0.15) is 0 Å². The Morgan fingerprint density at radius 1 is 1.44 bits per heavy atom. The Kier molecular flexibility index (Phi) is 11.2. The lowest BCUT2D eigenvalue weighted by molar-refractivity contribution is 0.0525. The van der Waals surface area contributed by atoms with E-state index in [2.05, 4.69) is 4.98 Å². The smallest absolute Gasteiger partial charge is 0.339 e. The Labute approximate surface area is 103 Å². The Morgan fingerprint density at radius 3 is 2.56 bits per heavy atom. The van der Waals surface area contributed by atoms with E-state index in [1.54, 1.807) is 19.2 Å². The van der Waals surface area contributed by atoms with Gasteiger partial charge in [-0.2, -0.15) is 0 Å². The number of carbonyl (C=O) groups is 1. The normalized spacial score (nSPS) is 8.25. The van der Waals surface area contributed by atoms with Gasteiger partial charge in [-0.3, -0.25) is 4.98 Å². The van der Waals surface area contributed by atoms with Crippen LogP contribution in [-0.4, -0.2) is 17.6 Å². The monoisotopic (exact) mass is 246 g/mol. The molecule has 0 unspecified atom stereocenters. The van der Waals surface area contributed by atoms with Gasteiger partial charge in [-0.1, -0.05) is 13.8 Å². The van der Waals surface area contributed by atoms with Gasteiger partial charge in [0.05, 0.1) is 12.2 Å². The third kappa shape index (κ3) is 5.68. The summed E-state index contributed by atoms with van der Waals surface area (Å²) in [5.74, 6) is -0.356. The largest absolute Gasteiger partial charge is 0.462 e. The molecule has 0 aliphatic rings. The summed E-state index contributed by atoms with van der Waals surface area (Å²) in [4.78, 5) is 15.1. The maximum atomic E-state index is 11.2. The summed E-state index contributed by atoms with van der Waals surface area (Å²) >= 11 is 0. The van der Waals surface area contributed by atoms with Crippen LogP contribution in [0.3, 0.4) is 0 Å². The minimum absolute atomic E-state index is 0. The average molecular weight is 247 g/mol. The number of ether oxygens (including phenoxy) is 1. The molecule has 0 aliphatic heterocycles. The van der Waals surface area contributed by atoms with Gasteiger partial charge >= 0.3 is 5.97 Å². The number of nitrogens with two attached hydrogens (primary N) is 1. The Balaban J connectivity index is 0. The van der Waals surface area contributed by atoms with Gasteiger partial charge in [-0.05, 0) is 18.6 Å². The van der Waals surface area contributed by atoms with Crippen molar-refractivity contribution in [3.8, 4) is 0 Å². The van der Waals surface area contributed by atoms with Crippen molar-refractivity contribution in [3.63, 3.8) is 0 Å². The Morgan fingerprint density at radius 2 is 2.06 bits per heavy atom. The molecule has 5 heteroatoms. The fourth-order valence-corrected chi connectivity index (χ4v) is 0.925. The number of aromatic nitrogens is 1. The van der Waals surface area contributed by atoms with Gasteiger partial charge in [0.15, 0.2) is 0 Å². The van der Waals surface area contributed by atoms with E-state index in [9.17, 15) is 4.79 Å². The molecular weight excluding hydrogens is 228 g/mol. The first kappa shape index (κ1) is 17.3. The molecule has 0 bridgehead atoms. The molecule has 1 aromatic heterocycles. The second-order valence-electron chi connectivity index (χ2n) is 2.51. The van der Waals surface area contributed by atoms with Gasteiger partial charge in [0, 0.05) is 18.9 Å². The fourth-order valence-electron chi connectivity index (χ4n) is 0.925. The highest BCUT2D eigenvalue weighted by Gasteiger charge is 2.06. The molecular formula is C11H19ClN2O2. The lowest BCUT2D eigenvalue weighted by Gasteiger charge is -2.02. The SMILES string of the molecule is CC.CCOC(=O)c1cncc(CN)c1.Cl. The van der Waals surface area contributed by atoms with Crippen molar-refractivity contribution < 1.29 is 9.53 Å². The van der Waals surface area contributed by atoms with Crippen LogP contribution in [0.15, 0.2) is 18.5 Å². The van der Waals surface area contributed by atoms with E-state index in [1.165, 1.54) is 6.20 Å². The van der Waals surface area contributed by atoms with Crippen molar-refractivity contribution in [2.75, 3.05) is 6.61 Å². The molecule has 0 saturated carbocycles. The Bertz CT molecular complexity index is 306. The van der Waals surface area contributed by atoms with Crippen molar-refractivity contribution >= 4 is 18.4 Å². The molecule has 0 amide bonds. The first-order valence-corrected chi connectivity index (χ1v) is 5.09. The predicted molar refractivity (Wildman–Crippen MR) is 66.7 cm³/mol. The van der Waals surface area contributed by atoms with E-state index in [1.807, 2.05) is 13.8 Å². The molecule has 2 N–H and O–H groups in total. The van der Waals surface area contributed by atoms with Crippen molar-refractivity contribution in [1.82, 2.24) is 4.98 Å². The average Bonchev–Trinajstić information content (AvgIpc) is 2.32. The van der Waals surface area contributed by atoms with Crippen LogP contribution in [0.5, 0.6) is 0 Å².